The van der Waals surface area contributed by atoms with Gasteiger partial charge < -0.3 is 9.64 Å². The van der Waals surface area contributed by atoms with Crippen molar-refractivity contribution in [2.45, 2.75) is 32.4 Å². The Hall–Kier alpha value is -3.19. The van der Waals surface area contributed by atoms with Gasteiger partial charge in [0.15, 0.2) is 0 Å². The second-order valence-electron chi connectivity index (χ2n) is 8.34. The summed E-state index contributed by atoms with van der Waals surface area (Å²) in [7, 11) is 1.67. The van der Waals surface area contributed by atoms with Crippen molar-refractivity contribution >= 4 is 17.7 Å². The Labute approximate surface area is 188 Å². The molecule has 7 heteroatoms. The van der Waals surface area contributed by atoms with E-state index < -0.39 is 0 Å². The smallest absolute Gasteiger partial charge is 0.253 e. The fourth-order valence-corrected chi connectivity index (χ4v) is 4.24. The van der Waals surface area contributed by atoms with Gasteiger partial charge in [0.05, 0.1) is 13.7 Å². The fourth-order valence-electron chi connectivity index (χ4n) is 4.24. The number of carbonyl (C=O) groups is 3. The van der Waals surface area contributed by atoms with E-state index in [2.05, 4.69) is 17.0 Å². The van der Waals surface area contributed by atoms with E-state index in [1.54, 1.807) is 19.2 Å². The molecule has 2 aromatic carbocycles. The van der Waals surface area contributed by atoms with Gasteiger partial charge in [-0.1, -0.05) is 24.3 Å². The lowest BCUT2D eigenvalue weighted by Gasteiger charge is -2.22. The van der Waals surface area contributed by atoms with Gasteiger partial charge in [-0.2, -0.15) is 0 Å². The molecule has 2 heterocycles. The first-order valence-electron chi connectivity index (χ1n) is 11.1. The van der Waals surface area contributed by atoms with E-state index in [4.69, 9.17) is 4.74 Å². The number of hydrogen-bond acceptors (Lipinski definition) is 5. The minimum atomic E-state index is -0.126. The van der Waals surface area contributed by atoms with Crippen LogP contribution in [0.25, 0.3) is 0 Å². The summed E-state index contributed by atoms with van der Waals surface area (Å²) in [6.07, 6.45) is 1.51. The molecular weight excluding hydrogens is 406 g/mol. The van der Waals surface area contributed by atoms with Gasteiger partial charge in [-0.25, -0.2) is 0 Å². The van der Waals surface area contributed by atoms with E-state index in [1.807, 2.05) is 29.2 Å². The standard InChI is InChI=1S/C25H29N3O4/c1-32-22-9-5-19(6-10-22)17-26-13-2-14-27(16-15-26)25(31)21-7-3-20(4-8-21)18-28-23(29)11-12-24(28)30/h3-10H,2,11-18H2,1H3. The molecule has 0 atom stereocenters. The molecular formula is C25H29N3O4. The van der Waals surface area contributed by atoms with Crippen molar-refractivity contribution in [3.05, 3.63) is 65.2 Å². The molecule has 2 fully saturated rings. The summed E-state index contributed by atoms with van der Waals surface area (Å²) in [4.78, 5) is 42.2. The van der Waals surface area contributed by atoms with Gasteiger partial charge in [0.25, 0.3) is 5.91 Å². The zero-order chi connectivity index (χ0) is 22.5. The highest BCUT2D eigenvalue weighted by molar-refractivity contribution is 6.01. The lowest BCUT2D eigenvalue weighted by molar-refractivity contribution is -0.139. The number of benzene rings is 2. The quantitative estimate of drug-likeness (QED) is 0.653. The maximum absolute atomic E-state index is 13.0. The Morgan fingerprint density at radius 1 is 0.812 bits per heavy atom. The average Bonchev–Trinajstić information content (AvgIpc) is 3.00. The normalized spacial score (nSPS) is 17.5. The van der Waals surface area contributed by atoms with Crippen molar-refractivity contribution in [3.8, 4) is 5.75 Å². The molecule has 2 saturated heterocycles. The topological polar surface area (TPSA) is 70.2 Å². The molecule has 0 aromatic heterocycles. The molecule has 0 N–H and O–H groups in total. The van der Waals surface area contributed by atoms with Gasteiger partial charge in [0, 0.05) is 51.1 Å². The number of methoxy groups -OCH3 is 1. The second kappa shape index (κ2) is 9.96. The number of nitrogens with zero attached hydrogens (tertiary/aromatic N) is 3. The predicted molar refractivity (Wildman–Crippen MR) is 120 cm³/mol. The number of imide groups is 1. The molecule has 0 unspecified atom stereocenters. The number of hydrogen-bond donors (Lipinski definition) is 0. The minimum Gasteiger partial charge on any atom is -0.497 e. The molecule has 0 bridgehead atoms. The third-order valence-corrected chi connectivity index (χ3v) is 6.14. The third-order valence-electron chi connectivity index (χ3n) is 6.14. The van der Waals surface area contributed by atoms with Gasteiger partial charge >= 0.3 is 0 Å². The lowest BCUT2D eigenvalue weighted by atomic mass is 10.1. The maximum Gasteiger partial charge on any atom is 0.253 e. The Bertz CT molecular complexity index is 956. The summed E-state index contributed by atoms with van der Waals surface area (Å²) in [6, 6.07) is 15.4. The number of amides is 3. The molecule has 32 heavy (non-hydrogen) atoms. The van der Waals surface area contributed by atoms with Crippen LogP contribution in [0.15, 0.2) is 48.5 Å². The summed E-state index contributed by atoms with van der Waals surface area (Å²) in [6.45, 7) is 4.33. The molecule has 2 aliphatic heterocycles. The second-order valence-corrected chi connectivity index (χ2v) is 8.34. The number of ether oxygens (including phenoxy) is 1. The van der Waals surface area contributed by atoms with Crippen LogP contribution in [0.3, 0.4) is 0 Å². The molecule has 0 spiro atoms. The SMILES string of the molecule is COc1ccc(CN2CCCN(C(=O)c3ccc(CN4C(=O)CCC4=O)cc3)CC2)cc1. The van der Waals surface area contributed by atoms with Crippen molar-refractivity contribution in [1.29, 1.82) is 0 Å². The highest BCUT2D eigenvalue weighted by atomic mass is 16.5. The van der Waals surface area contributed by atoms with Gasteiger partial charge in [0.2, 0.25) is 11.8 Å². The van der Waals surface area contributed by atoms with Gasteiger partial charge in [-0.05, 0) is 41.8 Å². The third kappa shape index (κ3) is 5.16. The zero-order valence-corrected chi connectivity index (χ0v) is 18.5. The summed E-state index contributed by atoms with van der Waals surface area (Å²) in [5.74, 6) is 0.625. The zero-order valence-electron chi connectivity index (χ0n) is 18.5. The summed E-state index contributed by atoms with van der Waals surface area (Å²) in [5.41, 5.74) is 2.72. The Balaban J connectivity index is 1.32. The van der Waals surface area contributed by atoms with E-state index in [1.165, 1.54) is 10.5 Å². The average molecular weight is 436 g/mol. The molecule has 0 radical (unpaired) electrons. The van der Waals surface area contributed by atoms with Gasteiger partial charge in [0.1, 0.15) is 5.75 Å². The van der Waals surface area contributed by atoms with Crippen LogP contribution >= 0.6 is 0 Å². The Morgan fingerprint density at radius 3 is 2.09 bits per heavy atom. The van der Waals surface area contributed by atoms with E-state index in [0.717, 1.165) is 43.9 Å². The van der Waals surface area contributed by atoms with Crippen LogP contribution in [0.4, 0.5) is 0 Å². The van der Waals surface area contributed by atoms with Crippen molar-refractivity contribution < 1.29 is 19.1 Å². The van der Waals surface area contributed by atoms with Crippen molar-refractivity contribution in [1.82, 2.24) is 14.7 Å². The summed E-state index contributed by atoms with van der Waals surface area (Å²) >= 11 is 0. The van der Waals surface area contributed by atoms with Crippen molar-refractivity contribution in [2.75, 3.05) is 33.3 Å². The predicted octanol–water partition coefficient (Wildman–Crippen LogP) is 2.69. The summed E-state index contributed by atoms with van der Waals surface area (Å²) in [5, 5.41) is 0. The molecule has 2 aromatic rings. The Kier molecular flexibility index (Phi) is 6.85. The van der Waals surface area contributed by atoms with E-state index in [-0.39, 0.29) is 24.3 Å². The van der Waals surface area contributed by atoms with Crippen LogP contribution < -0.4 is 4.74 Å². The monoisotopic (exact) mass is 435 g/mol. The first-order chi connectivity index (χ1) is 15.5. The van der Waals surface area contributed by atoms with Crippen LogP contribution in [0.5, 0.6) is 5.75 Å². The first-order valence-corrected chi connectivity index (χ1v) is 11.1. The van der Waals surface area contributed by atoms with E-state index in [9.17, 15) is 14.4 Å². The molecule has 4 rings (SSSR count). The lowest BCUT2D eigenvalue weighted by Crippen LogP contribution is -2.35. The number of rotatable bonds is 6. The first kappa shape index (κ1) is 22.0. The maximum atomic E-state index is 13.0. The fraction of sp³-hybridized carbons (Fsp3) is 0.400. The highest BCUT2D eigenvalue weighted by Crippen LogP contribution is 2.18. The van der Waals surface area contributed by atoms with Gasteiger partial charge in [-0.3, -0.25) is 24.2 Å². The molecule has 0 saturated carbocycles. The number of carbonyl (C=O) groups excluding carboxylic acids is 3. The van der Waals surface area contributed by atoms with Crippen LogP contribution in [0.1, 0.15) is 40.7 Å². The van der Waals surface area contributed by atoms with Crippen molar-refractivity contribution in [3.63, 3.8) is 0 Å². The van der Waals surface area contributed by atoms with Crippen LogP contribution in [-0.4, -0.2) is 65.7 Å². The van der Waals surface area contributed by atoms with Crippen LogP contribution in [0.2, 0.25) is 0 Å². The molecule has 3 amide bonds. The molecule has 0 aliphatic carbocycles. The van der Waals surface area contributed by atoms with E-state index >= 15 is 0 Å². The van der Waals surface area contributed by atoms with Crippen LogP contribution in [-0.2, 0) is 22.7 Å². The largest absolute Gasteiger partial charge is 0.497 e. The minimum absolute atomic E-state index is 0.0242. The number of likely N-dealkylation sites (tertiary alicyclic amines) is 1. The summed E-state index contributed by atoms with van der Waals surface area (Å²) < 4.78 is 5.22. The molecule has 2 aliphatic rings. The molecule has 7 nitrogen and oxygen atoms in total. The van der Waals surface area contributed by atoms with Crippen LogP contribution in [0, 0.1) is 0 Å². The van der Waals surface area contributed by atoms with E-state index in [0.29, 0.717) is 24.9 Å². The molecule has 168 valence electrons. The van der Waals surface area contributed by atoms with Crippen molar-refractivity contribution in [2.24, 2.45) is 0 Å². The highest BCUT2D eigenvalue weighted by Gasteiger charge is 2.28. The Morgan fingerprint density at radius 2 is 1.44 bits per heavy atom. The van der Waals surface area contributed by atoms with Gasteiger partial charge in [-0.15, -0.1) is 0 Å².